The summed E-state index contributed by atoms with van der Waals surface area (Å²) in [6.45, 7) is 0. The smallest absolute Gasteiger partial charge is 0.150 e. The van der Waals surface area contributed by atoms with Crippen molar-refractivity contribution in [1.82, 2.24) is 0 Å². The fourth-order valence-electron chi connectivity index (χ4n) is 1.31. The molecule has 10 heavy (non-hydrogen) atoms. The fraction of sp³-hybridized carbons (Fsp3) is 1.00. The van der Waals surface area contributed by atoms with Crippen molar-refractivity contribution in [3.8, 4) is 0 Å². The van der Waals surface area contributed by atoms with E-state index in [0.29, 0.717) is 5.25 Å². The van der Waals surface area contributed by atoms with Gasteiger partial charge in [-0.15, -0.1) is 0 Å². The second kappa shape index (κ2) is 2.74. The Morgan fingerprint density at radius 2 is 2.00 bits per heavy atom. The van der Waals surface area contributed by atoms with Crippen molar-refractivity contribution in [2.24, 2.45) is 0 Å². The molecule has 0 aromatic heterocycles. The van der Waals surface area contributed by atoms with E-state index in [-0.39, 0.29) is 5.25 Å². The topological polar surface area (TPSA) is 34.1 Å². The van der Waals surface area contributed by atoms with Gasteiger partial charge >= 0.3 is 0 Å². The van der Waals surface area contributed by atoms with Crippen LogP contribution in [0.4, 0.5) is 0 Å². The van der Waals surface area contributed by atoms with Crippen molar-refractivity contribution in [3.63, 3.8) is 0 Å². The molecule has 0 radical (unpaired) electrons. The van der Waals surface area contributed by atoms with Crippen molar-refractivity contribution in [2.45, 2.75) is 29.8 Å². The summed E-state index contributed by atoms with van der Waals surface area (Å²) in [5.41, 5.74) is 0. The molecule has 0 aliphatic heterocycles. The molecule has 1 aliphatic rings. The maximum absolute atomic E-state index is 10.9. The molecule has 1 aliphatic carbocycles. The SMILES string of the molecule is CS(=O)(=O)C1CCC(S)C1. The zero-order valence-corrected chi connectivity index (χ0v) is 7.66. The molecule has 60 valence electrons. The molecular formula is C6H12O2S2. The van der Waals surface area contributed by atoms with Gasteiger partial charge in [0.05, 0.1) is 5.25 Å². The maximum Gasteiger partial charge on any atom is 0.150 e. The number of thiol groups is 1. The molecule has 2 atom stereocenters. The molecule has 0 aromatic carbocycles. The number of hydrogen-bond donors (Lipinski definition) is 1. The van der Waals surface area contributed by atoms with Crippen LogP contribution in [-0.2, 0) is 9.84 Å². The van der Waals surface area contributed by atoms with Crippen molar-refractivity contribution < 1.29 is 8.42 Å². The Hall–Kier alpha value is 0.300. The highest BCUT2D eigenvalue weighted by molar-refractivity contribution is 7.91. The van der Waals surface area contributed by atoms with E-state index in [0.717, 1.165) is 19.3 Å². The van der Waals surface area contributed by atoms with Crippen LogP contribution < -0.4 is 0 Å². The molecule has 0 amide bonds. The van der Waals surface area contributed by atoms with Gasteiger partial charge in [-0.05, 0) is 19.3 Å². The minimum atomic E-state index is -2.78. The van der Waals surface area contributed by atoms with Gasteiger partial charge in [-0.1, -0.05) is 0 Å². The van der Waals surface area contributed by atoms with E-state index < -0.39 is 9.84 Å². The normalized spacial score (nSPS) is 34.6. The van der Waals surface area contributed by atoms with Crippen LogP contribution in [0.25, 0.3) is 0 Å². The third-order valence-electron chi connectivity index (χ3n) is 1.96. The van der Waals surface area contributed by atoms with Crippen LogP contribution in [0, 0.1) is 0 Å². The third-order valence-corrected chi connectivity index (χ3v) is 4.07. The minimum absolute atomic E-state index is 0.116. The third kappa shape index (κ3) is 1.89. The van der Waals surface area contributed by atoms with E-state index in [9.17, 15) is 8.42 Å². The summed E-state index contributed by atoms with van der Waals surface area (Å²) < 4.78 is 21.9. The van der Waals surface area contributed by atoms with Crippen LogP contribution in [0.3, 0.4) is 0 Å². The number of rotatable bonds is 1. The zero-order chi connectivity index (χ0) is 7.78. The summed E-state index contributed by atoms with van der Waals surface area (Å²) >= 11 is 4.22. The lowest BCUT2D eigenvalue weighted by atomic mass is 10.4. The first-order chi connectivity index (χ1) is 4.50. The Labute approximate surface area is 67.3 Å². The van der Waals surface area contributed by atoms with Gasteiger partial charge in [0.2, 0.25) is 0 Å². The summed E-state index contributed by atoms with van der Waals surface area (Å²) in [5, 5.41) is 0.190. The largest absolute Gasteiger partial charge is 0.229 e. The summed E-state index contributed by atoms with van der Waals surface area (Å²) in [4.78, 5) is 0. The summed E-state index contributed by atoms with van der Waals surface area (Å²) in [5.74, 6) is 0. The highest BCUT2D eigenvalue weighted by Crippen LogP contribution is 2.27. The molecule has 4 heteroatoms. The molecule has 0 aromatic rings. The van der Waals surface area contributed by atoms with Crippen molar-refractivity contribution in [2.75, 3.05) is 6.26 Å². The fourth-order valence-corrected chi connectivity index (χ4v) is 3.00. The van der Waals surface area contributed by atoms with Crippen LogP contribution in [0.2, 0.25) is 0 Å². The van der Waals surface area contributed by atoms with E-state index in [2.05, 4.69) is 12.6 Å². The van der Waals surface area contributed by atoms with E-state index in [1.54, 1.807) is 0 Å². The van der Waals surface area contributed by atoms with E-state index in [4.69, 9.17) is 0 Å². The van der Waals surface area contributed by atoms with Gasteiger partial charge in [0.1, 0.15) is 9.84 Å². The first-order valence-corrected chi connectivity index (χ1v) is 5.84. The first-order valence-electron chi connectivity index (χ1n) is 3.37. The quantitative estimate of drug-likeness (QED) is 0.608. The Morgan fingerprint density at radius 3 is 2.20 bits per heavy atom. The molecule has 0 bridgehead atoms. The average Bonchev–Trinajstić information content (AvgIpc) is 2.11. The zero-order valence-electron chi connectivity index (χ0n) is 5.95. The van der Waals surface area contributed by atoms with Gasteiger partial charge in [0, 0.05) is 11.5 Å². The highest BCUT2D eigenvalue weighted by atomic mass is 32.2. The van der Waals surface area contributed by atoms with Gasteiger partial charge in [-0.3, -0.25) is 0 Å². The van der Waals surface area contributed by atoms with Gasteiger partial charge in [-0.25, -0.2) is 8.42 Å². The van der Waals surface area contributed by atoms with Crippen molar-refractivity contribution in [1.29, 1.82) is 0 Å². The monoisotopic (exact) mass is 180 g/mol. The van der Waals surface area contributed by atoms with Crippen LogP contribution in [0.15, 0.2) is 0 Å². The highest BCUT2D eigenvalue weighted by Gasteiger charge is 2.29. The van der Waals surface area contributed by atoms with Crippen LogP contribution in [0.5, 0.6) is 0 Å². The Bertz CT molecular complexity index is 208. The average molecular weight is 180 g/mol. The Kier molecular flexibility index (Phi) is 2.30. The lowest BCUT2D eigenvalue weighted by Gasteiger charge is -2.04. The molecule has 1 rings (SSSR count). The molecule has 2 nitrogen and oxygen atoms in total. The van der Waals surface area contributed by atoms with E-state index >= 15 is 0 Å². The molecule has 0 heterocycles. The minimum Gasteiger partial charge on any atom is -0.229 e. The van der Waals surface area contributed by atoms with Gasteiger partial charge in [-0.2, -0.15) is 12.6 Å². The standard InChI is InChI=1S/C6H12O2S2/c1-10(7,8)6-3-2-5(9)4-6/h5-6,9H,2-4H2,1H3. The second-order valence-corrected chi connectivity index (χ2v) is 5.97. The van der Waals surface area contributed by atoms with Crippen molar-refractivity contribution in [3.05, 3.63) is 0 Å². The van der Waals surface area contributed by atoms with Crippen LogP contribution in [0.1, 0.15) is 19.3 Å². The second-order valence-electron chi connectivity index (χ2n) is 2.92. The predicted molar refractivity (Wildman–Crippen MR) is 45.3 cm³/mol. The van der Waals surface area contributed by atoms with Crippen molar-refractivity contribution >= 4 is 22.5 Å². The lowest BCUT2D eigenvalue weighted by molar-refractivity contribution is 0.586. The molecule has 1 saturated carbocycles. The lowest BCUT2D eigenvalue weighted by Crippen LogP contribution is -2.15. The van der Waals surface area contributed by atoms with Crippen LogP contribution in [-0.4, -0.2) is 25.2 Å². The number of sulfone groups is 1. The molecule has 2 unspecified atom stereocenters. The van der Waals surface area contributed by atoms with Gasteiger partial charge < -0.3 is 0 Å². The predicted octanol–water partition coefficient (Wildman–Crippen LogP) is 0.882. The maximum atomic E-state index is 10.9. The van der Waals surface area contributed by atoms with E-state index in [1.165, 1.54) is 6.26 Å². The first kappa shape index (κ1) is 8.40. The summed E-state index contributed by atoms with van der Waals surface area (Å²) in [7, 11) is -2.78. The summed E-state index contributed by atoms with van der Waals surface area (Å²) in [6.07, 6.45) is 3.79. The summed E-state index contributed by atoms with van der Waals surface area (Å²) in [6, 6.07) is 0. The molecule has 1 fully saturated rings. The Morgan fingerprint density at radius 1 is 1.40 bits per heavy atom. The van der Waals surface area contributed by atoms with Gasteiger partial charge in [0.25, 0.3) is 0 Å². The number of hydrogen-bond acceptors (Lipinski definition) is 3. The molecular weight excluding hydrogens is 168 g/mol. The van der Waals surface area contributed by atoms with E-state index in [1.807, 2.05) is 0 Å². The molecule has 0 N–H and O–H groups in total. The Balaban J connectivity index is 2.62. The van der Waals surface area contributed by atoms with Gasteiger partial charge in [0.15, 0.2) is 0 Å². The molecule has 0 spiro atoms. The molecule has 0 saturated heterocycles. The van der Waals surface area contributed by atoms with Crippen LogP contribution >= 0.6 is 12.6 Å².